The first-order valence-electron chi connectivity index (χ1n) is 7.43. The first kappa shape index (κ1) is 15.0. The predicted molar refractivity (Wildman–Crippen MR) is 82.6 cm³/mol. The Balaban J connectivity index is 2.23. The zero-order chi connectivity index (χ0) is 14.9. The summed E-state index contributed by atoms with van der Waals surface area (Å²) >= 11 is 0. The van der Waals surface area contributed by atoms with Crippen LogP contribution in [-0.2, 0) is 11.3 Å². The van der Waals surface area contributed by atoms with Gasteiger partial charge in [-0.25, -0.2) is 0 Å². The quantitative estimate of drug-likeness (QED) is 0.870. The molecule has 20 heavy (non-hydrogen) atoms. The van der Waals surface area contributed by atoms with Crippen LogP contribution in [0.5, 0.6) is 0 Å². The molecule has 1 aromatic carbocycles. The van der Waals surface area contributed by atoms with Crippen molar-refractivity contribution < 1.29 is 4.79 Å². The Hall–Kier alpha value is -1.35. The fourth-order valence-corrected chi connectivity index (χ4v) is 2.44. The van der Waals surface area contributed by atoms with E-state index in [-0.39, 0.29) is 17.4 Å². The molecule has 1 unspecified atom stereocenters. The molecule has 2 N–H and O–H groups in total. The second-order valence-electron chi connectivity index (χ2n) is 7.02. The van der Waals surface area contributed by atoms with Gasteiger partial charge < -0.3 is 10.6 Å². The van der Waals surface area contributed by atoms with Gasteiger partial charge in [0.05, 0.1) is 6.04 Å². The van der Waals surface area contributed by atoms with Gasteiger partial charge >= 0.3 is 0 Å². The molecule has 1 atom stereocenters. The Morgan fingerprint density at radius 3 is 2.65 bits per heavy atom. The molecule has 1 aliphatic heterocycles. The van der Waals surface area contributed by atoms with Crippen molar-refractivity contribution in [3.8, 4) is 0 Å². The third-order valence-electron chi connectivity index (χ3n) is 3.86. The minimum absolute atomic E-state index is 0.0756. The highest BCUT2D eigenvalue weighted by Gasteiger charge is 2.27. The minimum Gasteiger partial charge on any atom is -0.348 e. The third-order valence-corrected chi connectivity index (χ3v) is 3.86. The number of rotatable bonds is 2. The lowest BCUT2D eigenvalue weighted by Gasteiger charge is -2.30. The van der Waals surface area contributed by atoms with E-state index in [0.29, 0.717) is 5.92 Å². The number of nitrogens with one attached hydrogen (secondary N) is 2. The second kappa shape index (κ2) is 5.57. The van der Waals surface area contributed by atoms with E-state index in [2.05, 4.69) is 42.7 Å². The summed E-state index contributed by atoms with van der Waals surface area (Å²) in [5.41, 5.74) is 3.57. The molecule has 3 heteroatoms. The van der Waals surface area contributed by atoms with Gasteiger partial charge in [-0.1, -0.05) is 52.8 Å². The Labute approximate surface area is 122 Å². The van der Waals surface area contributed by atoms with E-state index in [9.17, 15) is 4.79 Å². The largest absolute Gasteiger partial charge is 0.348 e. The topological polar surface area (TPSA) is 41.1 Å². The molecule has 1 aromatic rings. The molecule has 3 nitrogen and oxygen atoms in total. The standard InChI is InChI=1S/C17H26N2O/c1-11(2)12-6-7-14-13(8-12)9-18-10-15(14)19-16(20)17(3,4)5/h6-8,11,15,18H,9-10H2,1-5H3,(H,19,20). The first-order valence-corrected chi connectivity index (χ1v) is 7.43. The number of carbonyl (C=O) groups excluding carboxylic acids is 1. The Kier molecular flexibility index (Phi) is 4.19. The number of carbonyl (C=O) groups is 1. The zero-order valence-corrected chi connectivity index (χ0v) is 13.2. The summed E-state index contributed by atoms with van der Waals surface area (Å²) in [6.07, 6.45) is 0. The summed E-state index contributed by atoms with van der Waals surface area (Å²) in [4.78, 5) is 12.2. The average Bonchev–Trinajstić information content (AvgIpc) is 2.37. The molecule has 1 amide bonds. The van der Waals surface area contributed by atoms with Crippen LogP contribution in [0, 0.1) is 5.41 Å². The van der Waals surface area contributed by atoms with Crippen LogP contribution in [0.1, 0.15) is 63.3 Å². The van der Waals surface area contributed by atoms with Crippen LogP contribution < -0.4 is 10.6 Å². The predicted octanol–water partition coefficient (Wildman–Crippen LogP) is 3.12. The van der Waals surface area contributed by atoms with Crippen LogP contribution in [-0.4, -0.2) is 12.5 Å². The van der Waals surface area contributed by atoms with Crippen LogP contribution in [0.15, 0.2) is 18.2 Å². The summed E-state index contributed by atoms with van der Waals surface area (Å²) in [5.74, 6) is 0.634. The molecule has 2 rings (SSSR count). The van der Waals surface area contributed by atoms with Crippen LogP contribution in [0.4, 0.5) is 0 Å². The summed E-state index contributed by atoms with van der Waals surface area (Å²) in [6.45, 7) is 11.9. The van der Waals surface area contributed by atoms with Gasteiger partial charge in [-0.15, -0.1) is 0 Å². The van der Waals surface area contributed by atoms with Gasteiger partial charge in [-0.05, 0) is 22.6 Å². The minimum atomic E-state index is -0.352. The maximum atomic E-state index is 12.2. The SMILES string of the molecule is CC(C)c1ccc2c(c1)CNCC2NC(=O)C(C)(C)C. The summed E-state index contributed by atoms with van der Waals surface area (Å²) in [5, 5.41) is 6.56. The normalized spacial score (nSPS) is 18.8. The fraction of sp³-hybridized carbons (Fsp3) is 0.588. The molecule has 0 saturated carbocycles. The van der Waals surface area contributed by atoms with Crippen molar-refractivity contribution in [2.45, 2.75) is 53.1 Å². The highest BCUT2D eigenvalue weighted by Crippen LogP contribution is 2.27. The van der Waals surface area contributed by atoms with Crippen molar-refractivity contribution in [1.29, 1.82) is 0 Å². The number of fused-ring (bicyclic) bond motifs is 1. The molecular weight excluding hydrogens is 248 g/mol. The lowest BCUT2D eigenvalue weighted by atomic mass is 9.90. The molecule has 1 aliphatic rings. The molecule has 110 valence electrons. The molecular formula is C17H26N2O. The maximum Gasteiger partial charge on any atom is 0.225 e. The van der Waals surface area contributed by atoms with Gasteiger partial charge in [0.1, 0.15) is 0 Å². The Morgan fingerprint density at radius 2 is 2.05 bits per heavy atom. The van der Waals surface area contributed by atoms with E-state index in [4.69, 9.17) is 0 Å². The smallest absolute Gasteiger partial charge is 0.225 e. The van der Waals surface area contributed by atoms with E-state index in [1.165, 1.54) is 16.7 Å². The van der Waals surface area contributed by atoms with Crippen molar-refractivity contribution in [3.63, 3.8) is 0 Å². The monoisotopic (exact) mass is 274 g/mol. The van der Waals surface area contributed by atoms with Gasteiger partial charge in [0, 0.05) is 18.5 Å². The van der Waals surface area contributed by atoms with Crippen molar-refractivity contribution in [1.82, 2.24) is 10.6 Å². The summed E-state index contributed by atoms with van der Waals surface area (Å²) in [7, 11) is 0. The second-order valence-corrected chi connectivity index (χ2v) is 7.02. The van der Waals surface area contributed by atoms with Crippen molar-refractivity contribution >= 4 is 5.91 Å². The van der Waals surface area contributed by atoms with E-state index in [0.717, 1.165) is 13.1 Å². The molecule has 0 aromatic heterocycles. The lowest BCUT2D eigenvalue weighted by molar-refractivity contribution is -0.129. The van der Waals surface area contributed by atoms with Gasteiger partial charge in [-0.3, -0.25) is 4.79 Å². The first-order chi connectivity index (χ1) is 9.29. The van der Waals surface area contributed by atoms with E-state index in [1.807, 2.05) is 20.8 Å². The maximum absolute atomic E-state index is 12.2. The van der Waals surface area contributed by atoms with Gasteiger partial charge in [0.15, 0.2) is 0 Å². The van der Waals surface area contributed by atoms with Gasteiger partial charge in [0.2, 0.25) is 5.91 Å². The fourth-order valence-electron chi connectivity index (χ4n) is 2.44. The molecule has 0 fully saturated rings. The van der Waals surface area contributed by atoms with Gasteiger partial charge in [-0.2, -0.15) is 0 Å². The summed E-state index contributed by atoms with van der Waals surface area (Å²) < 4.78 is 0. The molecule has 0 aliphatic carbocycles. The number of hydrogen-bond donors (Lipinski definition) is 2. The average molecular weight is 274 g/mol. The third kappa shape index (κ3) is 3.21. The van der Waals surface area contributed by atoms with E-state index >= 15 is 0 Å². The van der Waals surface area contributed by atoms with Gasteiger partial charge in [0.25, 0.3) is 0 Å². The highest BCUT2D eigenvalue weighted by atomic mass is 16.2. The van der Waals surface area contributed by atoms with Crippen molar-refractivity contribution in [3.05, 3.63) is 34.9 Å². The van der Waals surface area contributed by atoms with Crippen LogP contribution in [0.2, 0.25) is 0 Å². The Morgan fingerprint density at radius 1 is 1.35 bits per heavy atom. The summed E-state index contributed by atoms with van der Waals surface area (Å²) in [6, 6.07) is 6.71. The van der Waals surface area contributed by atoms with E-state index < -0.39 is 0 Å². The van der Waals surface area contributed by atoms with Crippen LogP contribution in [0.3, 0.4) is 0 Å². The van der Waals surface area contributed by atoms with Crippen molar-refractivity contribution in [2.24, 2.45) is 5.41 Å². The van der Waals surface area contributed by atoms with Crippen molar-refractivity contribution in [2.75, 3.05) is 6.54 Å². The molecule has 0 radical (unpaired) electrons. The Bertz CT molecular complexity index is 500. The van der Waals surface area contributed by atoms with E-state index in [1.54, 1.807) is 0 Å². The van der Waals surface area contributed by atoms with Crippen LogP contribution in [0.25, 0.3) is 0 Å². The molecule has 0 spiro atoms. The number of hydrogen-bond acceptors (Lipinski definition) is 2. The highest BCUT2D eigenvalue weighted by molar-refractivity contribution is 5.81. The molecule has 0 bridgehead atoms. The van der Waals surface area contributed by atoms with Crippen LogP contribution >= 0.6 is 0 Å². The zero-order valence-electron chi connectivity index (χ0n) is 13.2. The number of benzene rings is 1. The number of amides is 1. The lowest BCUT2D eigenvalue weighted by Crippen LogP contribution is -2.43. The molecule has 0 saturated heterocycles. The molecule has 1 heterocycles.